The largest absolute Gasteiger partial charge is 0.395 e. The number of aliphatic hydroxyl groups excluding tert-OH is 1. The molecule has 0 aromatic rings. The molecule has 1 saturated carbocycles. The monoisotopic (exact) mass is 228 g/mol. The van der Waals surface area contributed by atoms with Crippen molar-refractivity contribution in [2.75, 3.05) is 33.3 Å². The zero-order valence-corrected chi connectivity index (χ0v) is 10.9. The van der Waals surface area contributed by atoms with E-state index in [2.05, 4.69) is 24.2 Å². The van der Waals surface area contributed by atoms with Gasteiger partial charge in [0.25, 0.3) is 0 Å². The van der Waals surface area contributed by atoms with Gasteiger partial charge in [0.2, 0.25) is 0 Å². The van der Waals surface area contributed by atoms with E-state index in [9.17, 15) is 5.11 Å². The fourth-order valence-electron chi connectivity index (χ4n) is 2.62. The van der Waals surface area contributed by atoms with Crippen molar-refractivity contribution >= 4 is 0 Å². The number of aliphatic hydroxyl groups is 1. The number of hydrogen-bond acceptors (Lipinski definition) is 3. The van der Waals surface area contributed by atoms with Gasteiger partial charge < -0.3 is 15.3 Å². The van der Waals surface area contributed by atoms with Crippen molar-refractivity contribution in [2.45, 2.75) is 45.1 Å². The van der Waals surface area contributed by atoms with Crippen LogP contribution in [0.15, 0.2) is 0 Å². The molecule has 2 N–H and O–H groups in total. The minimum absolute atomic E-state index is 0.242. The van der Waals surface area contributed by atoms with Crippen LogP contribution < -0.4 is 5.32 Å². The van der Waals surface area contributed by atoms with E-state index in [0.717, 1.165) is 25.4 Å². The average molecular weight is 228 g/mol. The molecule has 0 radical (unpaired) electrons. The lowest BCUT2D eigenvalue weighted by atomic mass is 10.1. The summed E-state index contributed by atoms with van der Waals surface area (Å²) in [5.41, 5.74) is 0. The van der Waals surface area contributed by atoms with Crippen molar-refractivity contribution in [3.05, 3.63) is 0 Å². The Morgan fingerprint density at radius 2 is 2.06 bits per heavy atom. The summed E-state index contributed by atoms with van der Waals surface area (Å²) in [4.78, 5) is 2.37. The molecule has 3 nitrogen and oxygen atoms in total. The summed E-state index contributed by atoms with van der Waals surface area (Å²) in [6, 6.07) is 0.242. The van der Waals surface area contributed by atoms with Gasteiger partial charge in [-0.15, -0.1) is 0 Å². The molecule has 0 heterocycles. The first-order valence-corrected chi connectivity index (χ1v) is 6.79. The molecule has 0 aromatic heterocycles. The molecule has 0 spiro atoms. The zero-order chi connectivity index (χ0) is 11.8. The van der Waals surface area contributed by atoms with Crippen LogP contribution in [0.3, 0.4) is 0 Å². The highest BCUT2D eigenvalue weighted by Crippen LogP contribution is 2.25. The van der Waals surface area contributed by atoms with E-state index in [-0.39, 0.29) is 12.6 Å². The maximum absolute atomic E-state index is 9.27. The predicted octanol–water partition coefficient (Wildman–Crippen LogP) is 1.47. The fourth-order valence-corrected chi connectivity index (χ4v) is 2.62. The molecule has 1 aliphatic carbocycles. The molecule has 0 aliphatic heterocycles. The molecule has 16 heavy (non-hydrogen) atoms. The van der Waals surface area contributed by atoms with Gasteiger partial charge in [-0.25, -0.2) is 0 Å². The van der Waals surface area contributed by atoms with Crippen LogP contribution in [0.25, 0.3) is 0 Å². The van der Waals surface area contributed by atoms with E-state index in [4.69, 9.17) is 0 Å². The van der Waals surface area contributed by atoms with Gasteiger partial charge in [-0.2, -0.15) is 0 Å². The van der Waals surface area contributed by atoms with Crippen LogP contribution in [-0.2, 0) is 0 Å². The van der Waals surface area contributed by atoms with Crippen LogP contribution in [0.2, 0.25) is 0 Å². The van der Waals surface area contributed by atoms with Gasteiger partial charge in [0.05, 0.1) is 6.61 Å². The van der Waals surface area contributed by atoms with Crippen molar-refractivity contribution in [1.82, 2.24) is 10.2 Å². The van der Waals surface area contributed by atoms with Crippen molar-refractivity contribution in [3.8, 4) is 0 Å². The first-order chi connectivity index (χ1) is 7.76. The summed E-state index contributed by atoms with van der Waals surface area (Å²) in [5, 5.41) is 12.7. The third-order valence-corrected chi connectivity index (χ3v) is 3.48. The quantitative estimate of drug-likeness (QED) is 0.660. The van der Waals surface area contributed by atoms with Crippen molar-refractivity contribution in [1.29, 1.82) is 0 Å². The van der Waals surface area contributed by atoms with Crippen LogP contribution in [0.1, 0.15) is 39.0 Å². The molecule has 0 amide bonds. The topological polar surface area (TPSA) is 35.5 Å². The van der Waals surface area contributed by atoms with Crippen molar-refractivity contribution in [3.63, 3.8) is 0 Å². The predicted molar refractivity (Wildman–Crippen MR) is 68.6 cm³/mol. The fraction of sp³-hybridized carbons (Fsp3) is 1.00. The second kappa shape index (κ2) is 8.04. The van der Waals surface area contributed by atoms with Gasteiger partial charge in [0.1, 0.15) is 0 Å². The standard InChI is InChI=1S/C13H28N2O/c1-3-8-14-13(11-16)10-15(2)9-12-6-4-5-7-12/h12-14,16H,3-11H2,1-2H3. The van der Waals surface area contributed by atoms with E-state index in [1.165, 1.54) is 32.2 Å². The summed E-state index contributed by atoms with van der Waals surface area (Å²) in [6.45, 7) is 5.57. The highest BCUT2D eigenvalue weighted by Gasteiger charge is 2.18. The molecule has 1 rings (SSSR count). The Morgan fingerprint density at radius 3 is 2.62 bits per heavy atom. The average Bonchev–Trinajstić information content (AvgIpc) is 2.76. The SMILES string of the molecule is CCCNC(CO)CN(C)CC1CCCC1. The van der Waals surface area contributed by atoms with E-state index >= 15 is 0 Å². The molecule has 0 bridgehead atoms. The van der Waals surface area contributed by atoms with Crippen LogP contribution >= 0.6 is 0 Å². The number of hydrogen-bond donors (Lipinski definition) is 2. The van der Waals surface area contributed by atoms with Gasteiger partial charge in [-0.05, 0) is 38.8 Å². The minimum Gasteiger partial charge on any atom is -0.395 e. The molecule has 96 valence electrons. The molecule has 1 aliphatic rings. The van der Waals surface area contributed by atoms with E-state index in [1.54, 1.807) is 0 Å². The third-order valence-electron chi connectivity index (χ3n) is 3.48. The van der Waals surface area contributed by atoms with Crippen molar-refractivity contribution in [2.24, 2.45) is 5.92 Å². The number of nitrogens with zero attached hydrogens (tertiary/aromatic N) is 1. The number of nitrogens with one attached hydrogen (secondary N) is 1. The first kappa shape index (κ1) is 13.9. The smallest absolute Gasteiger partial charge is 0.0597 e. The first-order valence-electron chi connectivity index (χ1n) is 6.79. The Balaban J connectivity index is 2.16. The van der Waals surface area contributed by atoms with Crippen LogP contribution in [0.5, 0.6) is 0 Å². The summed E-state index contributed by atoms with van der Waals surface area (Å²) in [6.07, 6.45) is 6.75. The van der Waals surface area contributed by atoms with E-state index < -0.39 is 0 Å². The van der Waals surface area contributed by atoms with Gasteiger partial charge in [-0.1, -0.05) is 19.8 Å². The molecule has 0 saturated heterocycles. The van der Waals surface area contributed by atoms with Crippen LogP contribution in [0.4, 0.5) is 0 Å². The molecule has 0 aromatic carbocycles. The van der Waals surface area contributed by atoms with E-state index in [1.807, 2.05) is 0 Å². The Labute approximate surface area is 100 Å². The number of likely N-dealkylation sites (N-methyl/N-ethyl adjacent to an activating group) is 1. The minimum atomic E-state index is 0.242. The summed E-state index contributed by atoms with van der Waals surface area (Å²) >= 11 is 0. The highest BCUT2D eigenvalue weighted by atomic mass is 16.3. The second-order valence-electron chi connectivity index (χ2n) is 5.21. The third kappa shape index (κ3) is 5.28. The Morgan fingerprint density at radius 1 is 1.38 bits per heavy atom. The lowest BCUT2D eigenvalue weighted by molar-refractivity contribution is 0.186. The molecular weight excluding hydrogens is 200 g/mol. The molecule has 1 fully saturated rings. The van der Waals surface area contributed by atoms with Crippen molar-refractivity contribution < 1.29 is 5.11 Å². The summed E-state index contributed by atoms with van der Waals surface area (Å²) in [5.74, 6) is 0.899. The van der Waals surface area contributed by atoms with Gasteiger partial charge >= 0.3 is 0 Å². The molecule has 3 heteroatoms. The van der Waals surface area contributed by atoms with Crippen LogP contribution in [0, 0.1) is 5.92 Å². The maximum Gasteiger partial charge on any atom is 0.0597 e. The Bertz CT molecular complexity index is 169. The summed E-state index contributed by atoms with van der Waals surface area (Å²) < 4.78 is 0. The van der Waals surface area contributed by atoms with E-state index in [0.29, 0.717) is 0 Å². The lowest BCUT2D eigenvalue weighted by Gasteiger charge is -2.25. The Kier molecular flexibility index (Phi) is 7.01. The molecular formula is C13H28N2O. The second-order valence-corrected chi connectivity index (χ2v) is 5.21. The zero-order valence-electron chi connectivity index (χ0n) is 10.9. The molecule has 1 unspecified atom stereocenters. The van der Waals surface area contributed by atoms with Gasteiger partial charge in [-0.3, -0.25) is 0 Å². The van der Waals surface area contributed by atoms with Crippen LogP contribution in [-0.4, -0.2) is 49.3 Å². The van der Waals surface area contributed by atoms with Gasteiger partial charge in [0, 0.05) is 19.1 Å². The Hall–Kier alpha value is -0.120. The number of rotatable bonds is 8. The molecule has 1 atom stereocenters. The summed E-state index contributed by atoms with van der Waals surface area (Å²) in [7, 11) is 2.18. The lowest BCUT2D eigenvalue weighted by Crippen LogP contribution is -2.43. The highest BCUT2D eigenvalue weighted by molar-refractivity contribution is 4.74. The maximum atomic E-state index is 9.27. The van der Waals surface area contributed by atoms with Gasteiger partial charge in [0.15, 0.2) is 0 Å². The normalized spacial score (nSPS) is 19.5.